The first-order valence-electron chi connectivity index (χ1n) is 5.68. The highest BCUT2D eigenvalue weighted by Gasteiger charge is 2.16. The third-order valence-corrected chi connectivity index (χ3v) is 2.89. The van der Waals surface area contributed by atoms with E-state index in [0.29, 0.717) is 0 Å². The minimum Gasteiger partial charge on any atom is -0.455 e. The summed E-state index contributed by atoms with van der Waals surface area (Å²) in [4.78, 5) is 11.4. The molecule has 0 unspecified atom stereocenters. The van der Waals surface area contributed by atoms with Crippen LogP contribution >= 0.6 is 11.6 Å². The maximum Gasteiger partial charge on any atom is 0.252 e. The fraction of sp³-hybridized carbons (Fsp3) is 0. The SMILES string of the molecule is N#Cc1ccc(Oc2c(Cl)cc(N)cc2C(N)=O)cc1F. The van der Waals surface area contributed by atoms with Gasteiger partial charge in [-0.05, 0) is 24.3 Å². The maximum absolute atomic E-state index is 13.5. The van der Waals surface area contributed by atoms with Crippen LogP contribution in [0.15, 0.2) is 30.3 Å². The molecule has 0 bridgehead atoms. The summed E-state index contributed by atoms with van der Waals surface area (Å²) in [6.07, 6.45) is 0. The average molecular weight is 306 g/mol. The fourth-order valence-corrected chi connectivity index (χ4v) is 1.94. The lowest BCUT2D eigenvalue weighted by molar-refractivity contribution is 0.0998. The Morgan fingerprint density at radius 3 is 2.62 bits per heavy atom. The van der Waals surface area contributed by atoms with E-state index in [1.807, 2.05) is 0 Å². The molecule has 0 aliphatic rings. The topological polar surface area (TPSA) is 102 Å². The van der Waals surface area contributed by atoms with E-state index in [9.17, 15) is 9.18 Å². The Balaban J connectivity index is 2.47. The van der Waals surface area contributed by atoms with Gasteiger partial charge < -0.3 is 16.2 Å². The Bertz CT molecular complexity index is 772. The smallest absolute Gasteiger partial charge is 0.252 e. The van der Waals surface area contributed by atoms with Crippen LogP contribution < -0.4 is 16.2 Å². The van der Waals surface area contributed by atoms with Gasteiger partial charge in [0, 0.05) is 11.8 Å². The minimum absolute atomic E-state index is 0.0234. The van der Waals surface area contributed by atoms with Crippen LogP contribution in [0.5, 0.6) is 11.5 Å². The molecule has 0 saturated carbocycles. The van der Waals surface area contributed by atoms with Crippen molar-refractivity contribution in [2.45, 2.75) is 0 Å². The summed E-state index contributed by atoms with van der Waals surface area (Å²) in [5, 5.41) is 8.73. The molecule has 0 saturated heterocycles. The Hall–Kier alpha value is -2.78. The molecule has 0 aromatic heterocycles. The van der Waals surface area contributed by atoms with Crippen molar-refractivity contribution in [2.24, 2.45) is 5.73 Å². The van der Waals surface area contributed by atoms with Crippen LogP contribution in [0, 0.1) is 17.1 Å². The first kappa shape index (κ1) is 14.6. The van der Waals surface area contributed by atoms with Crippen LogP contribution in [0.1, 0.15) is 15.9 Å². The number of nitriles is 1. The van der Waals surface area contributed by atoms with Crippen molar-refractivity contribution < 1.29 is 13.9 Å². The number of carbonyl (C=O) groups is 1. The molecule has 4 N–H and O–H groups in total. The zero-order chi connectivity index (χ0) is 15.6. The Kier molecular flexibility index (Phi) is 3.96. The summed E-state index contributed by atoms with van der Waals surface area (Å²) in [5.41, 5.74) is 10.9. The van der Waals surface area contributed by atoms with Gasteiger partial charge in [-0.2, -0.15) is 5.26 Å². The van der Waals surface area contributed by atoms with E-state index in [1.165, 1.54) is 24.3 Å². The summed E-state index contributed by atoms with van der Waals surface area (Å²) in [6.45, 7) is 0. The van der Waals surface area contributed by atoms with Crippen molar-refractivity contribution in [3.63, 3.8) is 0 Å². The van der Waals surface area contributed by atoms with E-state index < -0.39 is 11.7 Å². The Morgan fingerprint density at radius 1 is 1.33 bits per heavy atom. The first-order chi connectivity index (χ1) is 9.92. The average Bonchev–Trinajstić information content (AvgIpc) is 2.41. The van der Waals surface area contributed by atoms with Crippen molar-refractivity contribution in [3.05, 3.63) is 52.3 Å². The van der Waals surface area contributed by atoms with E-state index >= 15 is 0 Å². The molecule has 0 fully saturated rings. The van der Waals surface area contributed by atoms with Gasteiger partial charge in [-0.25, -0.2) is 4.39 Å². The fourth-order valence-electron chi connectivity index (χ4n) is 1.67. The number of nitrogens with two attached hydrogens (primary N) is 2. The molecule has 7 heteroatoms. The van der Waals surface area contributed by atoms with Crippen molar-refractivity contribution in [1.29, 1.82) is 5.26 Å². The molecule has 1 amide bonds. The third kappa shape index (κ3) is 3.04. The lowest BCUT2D eigenvalue weighted by atomic mass is 10.1. The second-order valence-corrected chi connectivity index (χ2v) is 4.51. The summed E-state index contributed by atoms with van der Waals surface area (Å²) < 4.78 is 18.9. The minimum atomic E-state index is -0.784. The summed E-state index contributed by atoms with van der Waals surface area (Å²) >= 11 is 5.97. The zero-order valence-electron chi connectivity index (χ0n) is 10.6. The predicted octanol–water partition coefficient (Wildman–Crippen LogP) is 2.82. The zero-order valence-corrected chi connectivity index (χ0v) is 11.3. The predicted molar refractivity (Wildman–Crippen MR) is 75.6 cm³/mol. The number of halogens is 2. The maximum atomic E-state index is 13.5. The van der Waals surface area contributed by atoms with Crippen molar-refractivity contribution in [3.8, 4) is 17.6 Å². The summed E-state index contributed by atoms with van der Waals surface area (Å²) in [6, 6.07) is 8.01. The van der Waals surface area contributed by atoms with Gasteiger partial charge in [0.1, 0.15) is 17.6 Å². The second-order valence-electron chi connectivity index (χ2n) is 4.10. The molecule has 0 heterocycles. The van der Waals surface area contributed by atoms with E-state index in [-0.39, 0.29) is 33.3 Å². The standard InChI is InChI=1S/C14H9ClFN3O2/c15-11-4-8(18)3-10(14(19)20)13(11)21-9-2-1-7(6-17)12(16)5-9/h1-5H,18H2,(H2,19,20). The van der Waals surface area contributed by atoms with E-state index in [2.05, 4.69) is 0 Å². The molecule has 2 rings (SSSR count). The molecule has 2 aromatic rings. The van der Waals surface area contributed by atoms with Gasteiger partial charge in [-0.15, -0.1) is 0 Å². The third-order valence-electron chi connectivity index (χ3n) is 2.61. The molecule has 106 valence electrons. The summed E-state index contributed by atoms with van der Waals surface area (Å²) in [5.74, 6) is -1.49. The highest BCUT2D eigenvalue weighted by molar-refractivity contribution is 6.33. The molecule has 21 heavy (non-hydrogen) atoms. The number of hydrogen-bond acceptors (Lipinski definition) is 4. The molecular weight excluding hydrogens is 297 g/mol. The molecule has 0 spiro atoms. The molecule has 0 aliphatic carbocycles. The van der Waals surface area contributed by atoms with Gasteiger partial charge in [0.15, 0.2) is 5.75 Å². The highest BCUT2D eigenvalue weighted by atomic mass is 35.5. The second kappa shape index (κ2) is 5.69. The van der Waals surface area contributed by atoms with E-state index in [1.54, 1.807) is 6.07 Å². The number of amides is 1. The Labute approximate surface area is 124 Å². The number of ether oxygens (including phenoxy) is 1. The Morgan fingerprint density at radius 2 is 2.05 bits per heavy atom. The van der Waals surface area contributed by atoms with Gasteiger partial charge in [0.25, 0.3) is 5.91 Å². The molecule has 2 aromatic carbocycles. The van der Waals surface area contributed by atoms with Crippen LogP contribution in [0.3, 0.4) is 0 Å². The molecule has 0 radical (unpaired) electrons. The van der Waals surface area contributed by atoms with Crippen molar-refractivity contribution in [2.75, 3.05) is 5.73 Å². The normalized spacial score (nSPS) is 9.95. The quantitative estimate of drug-likeness (QED) is 0.851. The van der Waals surface area contributed by atoms with Gasteiger partial charge in [0.2, 0.25) is 0 Å². The lowest BCUT2D eigenvalue weighted by Gasteiger charge is -2.12. The van der Waals surface area contributed by atoms with Gasteiger partial charge >= 0.3 is 0 Å². The highest BCUT2D eigenvalue weighted by Crippen LogP contribution is 2.35. The van der Waals surface area contributed by atoms with Gasteiger partial charge in [-0.3, -0.25) is 4.79 Å². The number of nitrogens with zero attached hydrogens (tertiary/aromatic N) is 1. The largest absolute Gasteiger partial charge is 0.455 e. The molecule has 0 atom stereocenters. The van der Waals surface area contributed by atoms with E-state index in [4.69, 9.17) is 33.1 Å². The van der Waals surface area contributed by atoms with Crippen LogP contribution in [0.2, 0.25) is 5.02 Å². The molecular formula is C14H9ClFN3O2. The monoisotopic (exact) mass is 305 g/mol. The lowest BCUT2D eigenvalue weighted by Crippen LogP contribution is -2.13. The van der Waals surface area contributed by atoms with Gasteiger partial charge in [0.05, 0.1) is 16.1 Å². The van der Waals surface area contributed by atoms with Crippen molar-refractivity contribution >= 4 is 23.2 Å². The number of nitrogen functional groups attached to an aromatic ring is 1. The molecule has 0 aliphatic heterocycles. The summed E-state index contributed by atoms with van der Waals surface area (Å²) in [7, 11) is 0. The number of benzene rings is 2. The van der Waals surface area contributed by atoms with Crippen LogP contribution in [-0.4, -0.2) is 5.91 Å². The van der Waals surface area contributed by atoms with Crippen LogP contribution in [0.4, 0.5) is 10.1 Å². The first-order valence-corrected chi connectivity index (χ1v) is 6.06. The number of rotatable bonds is 3. The number of anilines is 1. The van der Waals surface area contributed by atoms with Gasteiger partial charge in [-0.1, -0.05) is 11.6 Å². The molecule has 5 nitrogen and oxygen atoms in total. The van der Waals surface area contributed by atoms with E-state index in [0.717, 1.165) is 6.07 Å². The number of carbonyl (C=O) groups excluding carboxylic acids is 1. The number of hydrogen-bond donors (Lipinski definition) is 2. The van der Waals surface area contributed by atoms with Crippen LogP contribution in [-0.2, 0) is 0 Å². The van der Waals surface area contributed by atoms with Crippen molar-refractivity contribution in [1.82, 2.24) is 0 Å². The van der Waals surface area contributed by atoms with Crippen LogP contribution in [0.25, 0.3) is 0 Å². The number of primary amides is 1.